The highest BCUT2D eigenvalue weighted by atomic mass is 32.2. The molecule has 0 bridgehead atoms. The van der Waals surface area contributed by atoms with E-state index in [2.05, 4.69) is 20.0 Å². The molecule has 0 fully saturated rings. The van der Waals surface area contributed by atoms with Gasteiger partial charge in [0.1, 0.15) is 0 Å². The summed E-state index contributed by atoms with van der Waals surface area (Å²) in [5.74, 6) is 0. The second-order valence-corrected chi connectivity index (χ2v) is 12.9. The molecule has 0 unspecified atom stereocenters. The highest BCUT2D eigenvalue weighted by molar-refractivity contribution is 7.90. The normalized spacial score (nSPS) is 12.5. The van der Waals surface area contributed by atoms with Crippen LogP contribution in [0.25, 0.3) is 0 Å². The Hall–Kier alpha value is -0.653. The Morgan fingerprint density at radius 3 is 2.50 bits per heavy atom. The zero-order valence-corrected chi connectivity index (χ0v) is 16.2. The maximum absolute atomic E-state index is 11.5. The van der Waals surface area contributed by atoms with E-state index in [4.69, 9.17) is 4.43 Å². The van der Waals surface area contributed by atoms with Crippen molar-refractivity contribution in [1.29, 1.82) is 0 Å². The Bertz CT molecular complexity index is 553. The van der Waals surface area contributed by atoms with Gasteiger partial charge in [0, 0.05) is 12.9 Å². The van der Waals surface area contributed by atoms with E-state index in [1.54, 1.807) is 12.1 Å². The summed E-state index contributed by atoms with van der Waals surface area (Å²) in [5.41, 5.74) is 1.09. The fourth-order valence-electron chi connectivity index (χ4n) is 2.39. The van der Waals surface area contributed by atoms with E-state index < -0.39 is 18.2 Å². The van der Waals surface area contributed by atoms with Gasteiger partial charge >= 0.3 is 0 Å². The quantitative estimate of drug-likeness (QED) is 0.466. The lowest BCUT2D eigenvalue weighted by Gasteiger charge is -2.22. The minimum Gasteiger partial charge on any atom is -0.417 e. The Morgan fingerprint density at radius 1 is 1.14 bits per heavy atom. The van der Waals surface area contributed by atoms with Crippen molar-refractivity contribution in [3.63, 3.8) is 0 Å². The van der Waals surface area contributed by atoms with Crippen LogP contribution in [-0.2, 0) is 20.7 Å². The third-order valence-corrected chi connectivity index (χ3v) is 7.47. The number of aryl methyl sites for hydroxylation is 1. The first-order chi connectivity index (χ1) is 10.2. The summed E-state index contributed by atoms with van der Waals surface area (Å²) in [7, 11) is -4.57. The van der Waals surface area contributed by atoms with Crippen LogP contribution in [0.5, 0.6) is 0 Å². The van der Waals surface area contributed by atoms with Crippen LogP contribution in [0.15, 0.2) is 29.2 Å². The van der Waals surface area contributed by atoms with Crippen molar-refractivity contribution in [2.75, 3.05) is 12.9 Å². The maximum Gasteiger partial charge on any atom is 0.186 e. The molecule has 0 amide bonds. The van der Waals surface area contributed by atoms with Crippen LogP contribution in [0.1, 0.15) is 38.2 Å². The Labute approximate surface area is 137 Å². The molecule has 0 aromatic heterocycles. The van der Waals surface area contributed by atoms with Gasteiger partial charge in [-0.2, -0.15) is 0 Å². The van der Waals surface area contributed by atoms with Crippen LogP contribution >= 0.6 is 0 Å². The molecule has 1 aromatic carbocycles. The van der Waals surface area contributed by atoms with Crippen LogP contribution in [0.2, 0.25) is 19.1 Å². The molecule has 0 saturated heterocycles. The fourth-order valence-corrected chi connectivity index (χ4v) is 5.12. The average Bonchev–Trinajstić information content (AvgIpc) is 2.44. The van der Waals surface area contributed by atoms with Gasteiger partial charge < -0.3 is 4.43 Å². The molecule has 0 heterocycles. The Kier molecular flexibility index (Phi) is 7.80. The largest absolute Gasteiger partial charge is 0.417 e. The SMILES string of the molecule is CCCC[Si](C)(C)OCCCCc1cccc(S(C)(=O)=O)c1. The van der Waals surface area contributed by atoms with E-state index in [1.165, 1.54) is 25.1 Å². The predicted octanol–water partition coefficient (Wildman–Crippen LogP) is 4.43. The molecule has 0 aliphatic heterocycles. The maximum atomic E-state index is 11.5. The zero-order chi connectivity index (χ0) is 16.6. The summed E-state index contributed by atoms with van der Waals surface area (Å²) in [4.78, 5) is 0.411. The van der Waals surface area contributed by atoms with Gasteiger partial charge in [0.25, 0.3) is 0 Å². The van der Waals surface area contributed by atoms with Gasteiger partial charge in [-0.1, -0.05) is 31.9 Å². The molecule has 0 radical (unpaired) electrons. The minimum atomic E-state index is -3.11. The van der Waals surface area contributed by atoms with E-state index in [0.29, 0.717) is 4.90 Å². The van der Waals surface area contributed by atoms with Crippen molar-refractivity contribution in [2.24, 2.45) is 0 Å². The van der Waals surface area contributed by atoms with Crippen LogP contribution < -0.4 is 0 Å². The van der Waals surface area contributed by atoms with Crippen LogP contribution in [0.3, 0.4) is 0 Å². The topological polar surface area (TPSA) is 43.4 Å². The summed E-state index contributed by atoms with van der Waals surface area (Å²) >= 11 is 0. The number of benzene rings is 1. The van der Waals surface area contributed by atoms with Crippen LogP contribution in [0, 0.1) is 0 Å². The molecule has 22 heavy (non-hydrogen) atoms. The molecular formula is C17H30O3SSi. The Morgan fingerprint density at radius 2 is 1.86 bits per heavy atom. The third kappa shape index (κ3) is 7.56. The van der Waals surface area contributed by atoms with E-state index in [-0.39, 0.29) is 0 Å². The molecule has 0 saturated carbocycles. The third-order valence-electron chi connectivity index (χ3n) is 3.81. The van der Waals surface area contributed by atoms with Gasteiger partial charge in [-0.05, 0) is 56.1 Å². The minimum absolute atomic E-state index is 0.411. The first kappa shape index (κ1) is 19.4. The highest BCUT2D eigenvalue weighted by Gasteiger charge is 2.20. The number of hydrogen-bond acceptors (Lipinski definition) is 3. The van der Waals surface area contributed by atoms with Crippen LogP contribution in [-0.4, -0.2) is 29.6 Å². The molecular weight excluding hydrogens is 312 g/mol. The van der Waals surface area contributed by atoms with Crippen LogP contribution in [0.4, 0.5) is 0 Å². The molecule has 0 spiro atoms. The number of hydrogen-bond donors (Lipinski definition) is 0. The molecule has 0 N–H and O–H groups in total. The molecule has 1 rings (SSSR count). The molecule has 1 aromatic rings. The standard InChI is InChI=1S/C17H30O3SSi/c1-5-6-14-22(3,4)20-13-8-7-10-16-11-9-12-17(15-16)21(2,18)19/h9,11-12,15H,5-8,10,13-14H2,1-4H3. The van der Waals surface area contributed by atoms with Gasteiger partial charge in [0.15, 0.2) is 18.2 Å². The summed E-state index contributed by atoms with van der Waals surface area (Å²) in [6.45, 7) is 7.63. The lowest BCUT2D eigenvalue weighted by atomic mass is 10.1. The molecule has 0 aliphatic rings. The van der Waals surface area contributed by atoms with Crippen molar-refractivity contribution < 1.29 is 12.8 Å². The molecule has 5 heteroatoms. The van der Waals surface area contributed by atoms with Crippen molar-refractivity contribution in [3.8, 4) is 0 Å². The first-order valence-electron chi connectivity index (χ1n) is 8.17. The van der Waals surface area contributed by atoms with Crippen molar-refractivity contribution in [1.82, 2.24) is 0 Å². The van der Waals surface area contributed by atoms with E-state index in [9.17, 15) is 8.42 Å². The predicted molar refractivity (Wildman–Crippen MR) is 95.6 cm³/mol. The zero-order valence-electron chi connectivity index (χ0n) is 14.4. The monoisotopic (exact) mass is 342 g/mol. The summed E-state index contributed by atoms with van der Waals surface area (Å²) in [6, 6.07) is 8.50. The highest BCUT2D eigenvalue weighted by Crippen LogP contribution is 2.17. The van der Waals surface area contributed by atoms with E-state index in [0.717, 1.165) is 31.4 Å². The van der Waals surface area contributed by atoms with E-state index >= 15 is 0 Å². The molecule has 0 atom stereocenters. The van der Waals surface area contributed by atoms with Gasteiger partial charge in [-0.3, -0.25) is 0 Å². The summed E-state index contributed by atoms with van der Waals surface area (Å²) in [5, 5.41) is 0. The lowest BCUT2D eigenvalue weighted by Crippen LogP contribution is -2.30. The lowest BCUT2D eigenvalue weighted by molar-refractivity contribution is 0.295. The summed E-state index contributed by atoms with van der Waals surface area (Å²) < 4.78 is 29.2. The molecule has 126 valence electrons. The van der Waals surface area contributed by atoms with Gasteiger partial charge in [-0.25, -0.2) is 8.42 Å². The first-order valence-corrected chi connectivity index (χ1v) is 13.2. The second-order valence-electron chi connectivity index (χ2n) is 6.59. The summed E-state index contributed by atoms with van der Waals surface area (Å²) in [6.07, 6.45) is 6.72. The van der Waals surface area contributed by atoms with Crippen molar-refractivity contribution in [3.05, 3.63) is 29.8 Å². The number of rotatable bonds is 10. The number of unbranched alkanes of at least 4 members (excludes halogenated alkanes) is 2. The van der Waals surface area contributed by atoms with E-state index in [1.807, 2.05) is 12.1 Å². The molecule has 0 aliphatic carbocycles. The van der Waals surface area contributed by atoms with Crippen molar-refractivity contribution >= 4 is 18.2 Å². The number of sulfone groups is 1. The van der Waals surface area contributed by atoms with Gasteiger partial charge in [-0.15, -0.1) is 0 Å². The second kappa shape index (κ2) is 8.84. The van der Waals surface area contributed by atoms with Gasteiger partial charge in [0.2, 0.25) is 0 Å². The van der Waals surface area contributed by atoms with Gasteiger partial charge in [0.05, 0.1) is 4.90 Å². The smallest absolute Gasteiger partial charge is 0.186 e. The molecule has 3 nitrogen and oxygen atoms in total. The average molecular weight is 343 g/mol. The Balaban J connectivity index is 2.34. The fraction of sp³-hybridized carbons (Fsp3) is 0.647. The van der Waals surface area contributed by atoms with Crippen molar-refractivity contribution in [2.45, 2.75) is 63.1 Å².